The highest BCUT2D eigenvalue weighted by atomic mass is 35.5. The Bertz CT molecular complexity index is 471. The summed E-state index contributed by atoms with van der Waals surface area (Å²) in [7, 11) is 0. The Kier molecular flexibility index (Phi) is 4.90. The molecule has 1 aromatic carbocycles. The van der Waals surface area contributed by atoms with Crippen molar-refractivity contribution < 1.29 is 13.6 Å². The first-order valence-electron chi connectivity index (χ1n) is 5.18. The number of nitrogens with zero attached hydrogens (tertiary/aromatic N) is 1. The Hall–Kier alpha value is -0.910. The molecule has 1 heterocycles. The van der Waals surface area contributed by atoms with E-state index < -0.39 is 17.5 Å². The van der Waals surface area contributed by atoms with Crippen LogP contribution in [-0.4, -0.2) is 29.9 Å². The van der Waals surface area contributed by atoms with Gasteiger partial charge in [-0.3, -0.25) is 4.79 Å². The number of carbonyl (C=O) groups excluding carboxylic acids is 1. The molecule has 3 nitrogen and oxygen atoms in total. The molecule has 1 amide bonds. The minimum Gasteiger partial charge on any atom is -0.337 e. The molecule has 0 bridgehead atoms. The number of nitrogens with two attached hydrogens (primary N) is 1. The van der Waals surface area contributed by atoms with Crippen LogP contribution in [0.2, 0.25) is 5.02 Å². The van der Waals surface area contributed by atoms with Crippen LogP contribution >= 0.6 is 24.0 Å². The molecule has 1 aliphatic heterocycles. The summed E-state index contributed by atoms with van der Waals surface area (Å²) in [5.41, 5.74) is 5.64. The SMILES string of the molecule is Cl.N[C@@H]1CCN(C(=O)c2cc(F)c(F)cc2Cl)C1. The van der Waals surface area contributed by atoms with E-state index in [0.717, 1.165) is 12.1 Å². The van der Waals surface area contributed by atoms with Crippen molar-refractivity contribution in [1.82, 2.24) is 4.90 Å². The van der Waals surface area contributed by atoms with Crippen LogP contribution in [0.25, 0.3) is 0 Å². The molecule has 1 fully saturated rings. The van der Waals surface area contributed by atoms with Crippen LogP contribution in [-0.2, 0) is 0 Å². The topological polar surface area (TPSA) is 46.3 Å². The smallest absolute Gasteiger partial charge is 0.255 e. The molecule has 0 aromatic heterocycles. The summed E-state index contributed by atoms with van der Waals surface area (Å²) in [6.45, 7) is 0.920. The van der Waals surface area contributed by atoms with Gasteiger partial charge in [-0.05, 0) is 18.6 Å². The van der Waals surface area contributed by atoms with Gasteiger partial charge in [0.05, 0.1) is 10.6 Å². The first kappa shape index (κ1) is 15.1. The van der Waals surface area contributed by atoms with Crippen LogP contribution in [0.3, 0.4) is 0 Å². The zero-order valence-electron chi connectivity index (χ0n) is 9.33. The van der Waals surface area contributed by atoms with Crippen LogP contribution in [0.5, 0.6) is 0 Å². The Morgan fingerprint density at radius 1 is 1.39 bits per heavy atom. The maximum Gasteiger partial charge on any atom is 0.255 e. The van der Waals surface area contributed by atoms with E-state index in [1.165, 1.54) is 4.90 Å². The lowest BCUT2D eigenvalue weighted by molar-refractivity contribution is 0.0790. The highest BCUT2D eigenvalue weighted by Crippen LogP contribution is 2.23. The molecule has 1 atom stereocenters. The average molecular weight is 297 g/mol. The normalized spacial score (nSPS) is 18.7. The van der Waals surface area contributed by atoms with E-state index in [1.807, 2.05) is 0 Å². The predicted molar refractivity (Wildman–Crippen MR) is 67.1 cm³/mol. The summed E-state index contributed by atoms with van der Waals surface area (Å²) in [4.78, 5) is 13.5. The molecule has 0 spiro atoms. The predicted octanol–water partition coefficient (Wildman–Crippen LogP) is 2.21. The maximum atomic E-state index is 13.1. The summed E-state index contributed by atoms with van der Waals surface area (Å²) in [6, 6.07) is 1.56. The Labute approximate surface area is 114 Å². The van der Waals surface area contributed by atoms with Gasteiger partial charge in [0.15, 0.2) is 11.6 Å². The fourth-order valence-corrected chi connectivity index (χ4v) is 2.06. The van der Waals surface area contributed by atoms with Gasteiger partial charge in [-0.2, -0.15) is 0 Å². The summed E-state index contributed by atoms with van der Waals surface area (Å²) >= 11 is 5.73. The second-order valence-corrected chi connectivity index (χ2v) is 4.45. The van der Waals surface area contributed by atoms with E-state index in [2.05, 4.69) is 0 Å². The second-order valence-electron chi connectivity index (χ2n) is 4.05. The van der Waals surface area contributed by atoms with Gasteiger partial charge in [-0.1, -0.05) is 11.6 Å². The lowest BCUT2D eigenvalue weighted by Crippen LogP contribution is -2.32. The highest BCUT2D eigenvalue weighted by Gasteiger charge is 2.26. The molecular formula is C11H12Cl2F2N2O. The molecule has 1 aliphatic rings. The van der Waals surface area contributed by atoms with Gasteiger partial charge in [-0.15, -0.1) is 12.4 Å². The molecule has 1 saturated heterocycles. The van der Waals surface area contributed by atoms with Crippen molar-refractivity contribution >= 4 is 29.9 Å². The van der Waals surface area contributed by atoms with E-state index in [0.29, 0.717) is 19.5 Å². The number of amides is 1. The fraction of sp³-hybridized carbons (Fsp3) is 0.364. The molecule has 0 aliphatic carbocycles. The number of hydrogen-bond acceptors (Lipinski definition) is 2. The molecule has 2 N–H and O–H groups in total. The second kappa shape index (κ2) is 5.82. The summed E-state index contributed by atoms with van der Waals surface area (Å²) in [5.74, 6) is -2.56. The van der Waals surface area contributed by atoms with E-state index in [1.54, 1.807) is 0 Å². The molecule has 0 unspecified atom stereocenters. The van der Waals surface area contributed by atoms with Gasteiger partial charge in [0.2, 0.25) is 0 Å². The third-order valence-electron chi connectivity index (χ3n) is 2.75. The lowest BCUT2D eigenvalue weighted by atomic mass is 10.2. The number of carbonyl (C=O) groups is 1. The van der Waals surface area contributed by atoms with Crippen molar-refractivity contribution in [2.45, 2.75) is 12.5 Å². The maximum absolute atomic E-state index is 13.1. The van der Waals surface area contributed by atoms with Gasteiger partial charge < -0.3 is 10.6 Å². The average Bonchev–Trinajstić information content (AvgIpc) is 2.69. The summed E-state index contributed by atoms with van der Waals surface area (Å²) in [6.07, 6.45) is 0.701. The van der Waals surface area contributed by atoms with E-state index in [-0.39, 0.29) is 29.0 Å². The Balaban J connectivity index is 0.00000162. The number of halogens is 4. The molecule has 7 heteroatoms. The molecule has 100 valence electrons. The van der Waals surface area contributed by atoms with E-state index >= 15 is 0 Å². The molecule has 0 radical (unpaired) electrons. The van der Waals surface area contributed by atoms with Gasteiger partial charge in [0, 0.05) is 19.1 Å². The van der Waals surface area contributed by atoms with Crippen LogP contribution in [0, 0.1) is 11.6 Å². The third kappa shape index (κ3) is 2.91. The molecule has 0 saturated carbocycles. The first-order chi connectivity index (χ1) is 7.99. The number of rotatable bonds is 1. The highest BCUT2D eigenvalue weighted by molar-refractivity contribution is 6.33. The lowest BCUT2D eigenvalue weighted by Gasteiger charge is -2.16. The van der Waals surface area contributed by atoms with Crippen molar-refractivity contribution in [3.05, 3.63) is 34.4 Å². The Morgan fingerprint density at radius 3 is 2.56 bits per heavy atom. The van der Waals surface area contributed by atoms with Crippen molar-refractivity contribution in [3.8, 4) is 0 Å². The minimum atomic E-state index is -1.08. The monoisotopic (exact) mass is 296 g/mol. The van der Waals surface area contributed by atoms with Gasteiger partial charge >= 0.3 is 0 Å². The van der Waals surface area contributed by atoms with Crippen LogP contribution in [0.1, 0.15) is 16.8 Å². The Morgan fingerprint density at radius 2 is 2.00 bits per heavy atom. The number of benzene rings is 1. The third-order valence-corrected chi connectivity index (χ3v) is 3.06. The van der Waals surface area contributed by atoms with Crippen LogP contribution in [0.15, 0.2) is 12.1 Å². The largest absolute Gasteiger partial charge is 0.337 e. The van der Waals surface area contributed by atoms with Crippen LogP contribution in [0.4, 0.5) is 8.78 Å². The number of hydrogen-bond donors (Lipinski definition) is 1. The molecule has 1 aromatic rings. The van der Waals surface area contributed by atoms with E-state index in [9.17, 15) is 13.6 Å². The quantitative estimate of drug-likeness (QED) is 0.808. The van der Waals surface area contributed by atoms with Crippen LogP contribution < -0.4 is 5.73 Å². The standard InChI is InChI=1S/C11H11ClF2N2O.ClH/c12-8-4-10(14)9(13)3-7(8)11(17)16-2-1-6(15)5-16;/h3-4,6H,1-2,5,15H2;1H/t6-;/m1./s1. The van der Waals surface area contributed by atoms with Gasteiger partial charge in [0.25, 0.3) is 5.91 Å². The number of likely N-dealkylation sites (tertiary alicyclic amines) is 1. The van der Waals surface area contributed by atoms with Crippen molar-refractivity contribution in [3.63, 3.8) is 0 Å². The van der Waals surface area contributed by atoms with Crippen molar-refractivity contribution in [1.29, 1.82) is 0 Å². The molecule has 18 heavy (non-hydrogen) atoms. The minimum absolute atomic E-state index is 0. The van der Waals surface area contributed by atoms with E-state index in [4.69, 9.17) is 17.3 Å². The van der Waals surface area contributed by atoms with Crippen molar-refractivity contribution in [2.24, 2.45) is 5.73 Å². The first-order valence-corrected chi connectivity index (χ1v) is 5.56. The van der Waals surface area contributed by atoms with Gasteiger partial charge in [-0.25, -0.2) is 8.78 Å². The fourth-order valence-electron chi connectivity index (χ4n) is 1.83. The van der Waals surface area contributed by atoms with Gasteiger partial charge in [0.1, 0.15) is 0 Å². The zero-order valence-corrected chi connectivity index (χ0v) is 10.9. The summed E-state index contributed by atoms with van der Waals surface area (Å²) in [5, 5.41) is -0.0885. The molecule has 2 rings (SSSR count). The molecular weight excluding hydrogens is 285 g/mol. The zero-order chi connectivity index (χ0) is 12.6. The van der Waals surface area contributed by atoms with Crippen molar-refractivity contribution in [2.75, 3.05) is 13.1 Å². The summed E-state index contributed by atoms with van der Waals surface area (Å²) < 4.78 is 25.9.